The topological polar surface area (TPSA) is 24.6 Å². The third-order valence-electron chi connectivity index (χ3n) is 18.9. The number of furan rings is 1. The zero-order chi connectivity index (χ0) is 59.2. The molecule has 4 nitrogen and oxygen atoms in total. The Balaban J connectivity index is 1.00. The summed E-state index contributed by atoms with van der Waals surface area (Å²) in [5.41, 5.74) is 26.9. The number of nitrogens with zero attached hydrogens (tertiary/aromatic N) is 3. The van der Waals surface area contributed by atoms with Crippen molar-refractivity contribution in [2.75, 3.05) is 9.80 Å². The van der Waals surface area contributed by atoms with Gasteiger partial charge in [0.25, 0.3) is 0 Å². The SMILES string of the molecule is CC(C)(C)c1ccc(N(c2ccc3c(c2)C(C)(C)c2cc(C(C)(C)C)cc4c2B3c2cc3c5cc(C(C)(C)C)ccc5n(-c5ccccc5)c3cc2N4c2ccc(-c3cccc4c3oc3ccccc34)cc2)c2ccccc2-c2ccccc2)cc1. The van der Waals surface area contributed by atoms with Crippen LogP contribution < -0.4 is 26.2 Å². The first kappa shape index (κ1) is 53.4. The highest BCUT2D eigenvalue weighted by atomic mass is 16.3. The van der Waals surface area contributed by atoms with Crippen molar-refractivity contribution in [1.29, 1.82) is 0 Å². The van der Waals surface area contributed by atoms with Crippen molar-refractivity contribution in [3.05, 3.63) is 264 Å². The molecule has 420 valence electrons. The first-order valence-corrected chi connectivity index (χ1v) is 30.7. The Hall–Kier alpha value is -9.32. The average Bonchev–Trinajstić information content (AvgIpc) is 0.905. The van der Waals surface area contributed by atoms with E-state index in [0.717, 1.165) is 61.5 Å². The molecule has 5 heteroatoms. The van der Waals surface area contributed by atoms with E-state index in [2.05, 4.69) is 327 Å². The number of benzene rings is 11. The molecule has 11 aromatic carbocycles. The molecule has 4 heterocycles. The summed E-state index contributed by atoms with van der Waals surface area (Å²) in [4.78, 5) is 5.11. The quantitative estimate of drug-likeness (QED) is 0.149. The molecule has 2 aliphatic rings. The van der Waals surface area contributed by atoms with E-state index in [1.807, 2.05) is 0 Å². The van der Waals surface area contributed by atoms with Crippen LogP contribution in [0.15, 0.2) is 241 Å². The van der Waals surface area contributed by atoms with E-state index < -0.39 is 5.41 Å². The number of aromatic nitrogens is 1. The molecular weight excluding hydrogens is 1040 g/mol. The molecular formula is C81H72BN3O. The molecule has 0 aliphatic carbocycles. The van der Waals surface area contributed by atoms with Crippen LogP contribution in [0.4, 0.5) is 34.1 Å². The van der Waals surface area contributed by atoms with Crippen molar-refractivity contribution in [2.24, 2.45) is 0 Å². The summed E-state index contributed by atoms with van der Waals surface area (Å²) < 4.78 is 9.14. The number of hydrogen-bond acceptors (Lipinski definition) is 3. The summed E-state index contributed by atoms with van der Waals surface area (Å²) in [6, 6.07) is 89.1. The van der Waals surface area contributed by atoms with E-state index >= 15 is 0 Å². The number of hydrogen-bond donors (Lipinski definition) is 0. The second-order valence-corrected chi connectivity index (χ2v) is 27.8. The molecule has 0 atom stereocenters. The largest absolute Gasteiger partial charge is 0.455 e. The van der Waals surface area contributed by atoms with Gasteiger partial charge in [-0.25, -0.2) is 0 Å². The van der Waals surface area contributed by atoms with Crippen molar-refractivity contribution < 1.29 is 4.42 Å². The van der Waals surface area contributed by atoms with Crippen molar-refractivity contribution in [2.45, 2.75) is 97.8 Å². The number of anilines is 6. The molecule has 0 bridgehead atoms. The maximum Gasteiger partial charge on any atom is 0.247 e. The van der Waals surface area contributed by atoms with Gasteiger partial charge < -0.3 is 18.8 Å². The van der Waals surface area contributed by atoms with Gasteiger partial charge in [0.05, 0.1) is 16.7 Å². The Morgan fingerprint density at radius 2 is 1.02 bits per heavy atom. The first-order chi connectivity index (χ1) is 41.3. The predicted molar refractivity (Wildman–Crippen MR) is 368 cm³/mol. The zero-order valence-corrected chi connectivity index (χ0v) is 51.3. The standard InChI is InChI=1S/C81H72BN3O/c1-78(2,3)53-35-40-57(41-36-53)83(70-31-20-18-27-60(70)51-23-14-12-15-24-51)59-42-43-68-66(48-59)81(10,11)67-46-55(80(7,8)9)47-74-76(67)82(68)69-49-65-64-45-54(79(4,5)6)37-44-71(64)84(56-25-16-13-17-26-56)72(65)50-73(69)85(74)58-38-33-52(34-39-58)61-29-22-30-63-62-28-19-21-32-75(62)86-77(61)63/h12-50H,1-11H3. The predicted octanol–water partition coefficient (Wildman–Crippen LogP) is 20.3. The molecule has 0 saturated carbocycles. The summed E-state index contributed by atoms with van der Waals surface area (Å²) in [5.74, 6) is 0. The molecule has 15 rings (SSSR count). The van der Waals surface area contributed by atoms with Crippen LogP contribution in [0, 0.1) is 0 Å². The van der Waals surface area contributed by atoms with Crippen LogP contribution in [0.3, 0.4) is 0 Å². The molecule has 0 amide bonds. The van der Waals surface area contributed by atoms with Crippen LogP contribution in [0.25, 0.3) is 71.7 Å². The zero-order valence-electron chi connectivity index (χ0n) is 51.3. The van der Waals surface area contributed by atoms with Crippen LogP contribution in [-0.2, 0) is 21.7 Å². The summed E-state index contributed by atoms with van der Waals surface area (Å²) in [6.45, 7) is 25.9. The van der Waals surface area contributed by atoms with E-state index in [4.69, 9.17) is 4.42 Å². The molecule has 0 radical (unpaired) electrons. The normalized spacial score (nSPS) is 13.8. The smallest absolute Gasteiger partial charge is 0.247 e. The minimum absolute atomic E-state index is 0.0108. The highest BCUT2D eigenvalue weighted by molar-refractivity contribution is 6.99. The van der Waals surface area contributed by atoms with E-state index in [1.54, 1.807) is 0 Å². The van der Waals surface area contributed by atoms with Gasteiger partial charge in [-0.05, 0) is 151 Å². The van der Waals surface area contributed by atoms with E-state index in [0.29, 0.717) is 0 Å². The second-order valence-electron chi connectivity index (χ2n) is 27.8. The minimum atomic E-state index is -0.415. The third kappa shape index (κ3) is 8.48. The van der Waals surface area contributed by atoms with Crippen molar-refractivity contribution >= 4 is 101 Å². The fourth-order valence-corrected chi connectivity index (χ4v) is 14.2. The lowest BCUT2D eigenvalue weighted by atomic mass is 9.30. The third-order valence-corrected chi connectivity index (χ3v) is 18.9. The summed E-state index contributed by atoms with van der Waals surface area (Å²) in [5, 5.41) is 4.78. The van der Waals surface area contributed by atoms with Gasteiger partial charge in [0.1, 0.15) is 11.2 Å². The van der Waals surface area contributed by atoms with Crippen molar-refractivity contribution in [3.63, 3.8) is 0 Å². The second kappa shape index (κ2) is 19.4. The van der Waals surface area contributed by atoms with Crippen LogP contribution in [0.5, 0.6) is 0 Å². The van der Waals surface area contributed by atoms with Gasteiger partial charge in [0.2, 0.25) is 6.71 Å². The fourth-order valence-electron chi connectivity index (χ4n) is 14.2. The Morgan fingerprint density at radius 1 is 0.407 bits per heavy atom. The van der Waals surface area contributed by atoms with Gasteiger partial charge in [-0.15, -0.1) is 0 Å². The average molecular weight is 1110 g/mol. The van der Waals surface area contributed by atoms with Crippen molar-refractivity contribution in [3.8, 4) is 27.9 Å². The van der Waals surface area contributed by atoms with E-state index in [1.165, 1.54) is 88.5 Å². The number of rotatable bonds is 7. The van der Waals surface area contributed by atoms with Gasteiger partial charge in [-0.3, -0.25) is 0 Å². The van der Waals surface area contributed by atoms with Crippen LogP contribution in [0.1, 0.15) is 104 Å². The molecule has 2 aromatic heterocycles. The molecule has 0 fully saturated rings. The van der Waals surface area contributed by atoms with Crippen molar-refractivity contribution in [1.82, 2.24) is 4.57 Å². The fraction of sp³-hybridized carbons (Fsp3) is 0.185. The number of para-hydroxylation sites is 4. The monoisotopic (exact) mass is 1110 g/mol. The Labute approximate surface area is 507 Å². The molecule has 0 spiro atoms. The molecule has 0 N–H and O–H groups in total. The first-order valence-electron chi connectivity index (χ1n) is 30.7. The minimum Gasteiger partial charge on any atom is -0.455 e. The lowest BCUT2D eigenvalue weighted by Crippen LogP contribution is -2.64. The maximum absolute atomic E-state index is 6.64. The molecule has 13 aromatic rings. The lowest BCUT2D eigenvalue weighted by Gasteiger charge is -2.46. The number of fused-ring (bicyclic) bond motifs is 10. The molecule has 2 aliphatic heterocycles. The van der Waals surface area contributed by atoms with Gasteiger partial charge >= 0.3 is 0 Å². The van der Waals surface area contributed by atoms with E-state index in [9.17, 15) is 0 Å². The van der Waals surface area contributed by atoms with Gasteiger partial charge in [-0.2, -0.15) is 0 Å². The molecule has 0 unspecified atom stereocenters. The van der Waals surface area contributed by atoms with Crippen LogP contribution in [-0.4, -0.2) is 11.3 Å². The highest BCUT2D eigenvalue weighted by Gasteiger charge is 2.47. The lowest BCUT2D eigenvalue weighted by molar-refractivity contribution is 0.583. The van der Waals surface area contributed by atoms with Gasteiger partial charge in [0.15, 0.2) is 0 Å². The van der Waals surface area contributed by atoms with Crippen LogP contribution in [0.2, 0.25) is 0 Å². The Morgan fingerprint density at radius 3 is 1.76 bits per heavy atom. The highest BCUT2D eigenvalue weighted by Crippen LogP contribution is 2.50. The molecule has 0 saturated heterocycles. The summed E-state index contributed by atoms with van der Waals surface area (Å²) in [6.07, 6.45) is 0. The Kier molecular flexibility index (Phi) is 12.0. The summed E-state index contributed by atoms with van der Waals surface area (Å²) in [7, 11) is 0. The van der Waals surface area contributed by atoms with E-state index in [-0.39, 0.29) is 23.0 Å². The maximum atomic E-state index is 6.64. The summed E-state index contributed by atoms with van der Waals surface area (Å²) >= 11 is 0. The Bertz CT molecular complexity index is 4830. The van der Waals surface area contributed by atoms with Gasteiger partial charge in [-0.1, -0.05) is 233 Å². The van der Waals surface area contributed by atoms with Gasteiger partial charge in [0, 0.05) is 72.2 Å². The van der Waals surface area contributed by atoms with Crippen LogP contribution >= 0.6 is 0 Å². The molecule has 86 heavy (non-hydrogen) atoms.